The Morgan fingerprint density at radius 3 is 2.79 bits per heavy atom. The van der Waals surface area contributed by atoms with Gasteiger partial charge in [0.1, 0.15) is 0 Å². The van der Waals surface area contributed by atoms with Gasteiger partial charge in [-0.1, -0.05) is 31.0 Å². The molecule has 1 atom stereocenters. The number of ether oxygens (including phenoxy) is 1. The van der Waals surface area contributed by atoms with Gasteiger partial charge in [-0.15, -0.1) is 11.3 Å². The summed E-state index contributed by atoms with van der Waals surface area (Å²) in [5.41, 5.74) is 1.83. The van der Waals surface area contributed by atoms with E-state index in [1.165, 1.54) is 11.3 Å². The minimum atomic E-state index is -0.500. The van der Waals surface area contributed by atoms with Crippen molar-refractivity contribution in [3.05, 3.63) is 46.5 Å². The van der Waals surface area contributed by atoms with E-state index in [-0.39, 0.29) is 11.8 Å². The standard InChI is InChI=1S/C21H25N3O3S/c1-14-13-28-20(22-14)23-18(25)17-15-7-3-4-8-16(15)19(26)24(11-12-27-2)21(17)9-5-6-10-21/h3-4,7-8,13,17H,5-6,9-12H2,1-2H3,(H,22,23,25). The van der Waals surface area contributed by atoms with E-state index in [0.717, 1.165) is 36.9 Å². The van der Waals surface area contributed by atoms with Crippen LogP contribution in [0.1, 0.15) is 53.2 Å². The zero-order chi connectivity index (χ0) is 19.7. The van der Waals surface area contributed by atoms with Gasteiger partial charge in [0.25, 0.3) is 5.91 Å². The summed E-state index contributed by atoms with van der Waals surface area (Å²) in [7, 11) is 1.64. The third kappa shape index (κ3) is 3.12. The highest BCUT2D eigenvalue weighted by Crippen LogP contribution is 2.50. The van der Waals surface area contributed by atoms with Crippen LogP contribution in [-0.4, -0.2) is 47.5 Å². The zero-order valence-electron chi connectivity index (χ0n) is 16.2. The summed E-state index contributed by atoms with van der Waals surface area (Å²) in [6.07, 6.45) is 3.68. The quantitative estimate of drug-likeness (QED) is 0.834. The molecular weight excluding hydrogens is 374 g/mol. The molecule has 0 radical (unpaired) electrons. The number of aryl methyl sites for hydroxylation is 1. The van der Waals surface area contributed by atoms with Crippen molar-refractivity contribution >= 4 is 28.3 Å². The summed E-state index contributed by atoms with van der Waals surface area (Å²) in [6.45, 7) is 2.85. The molecule has 28 heavy (non-hydrogen) atoms. The van der Waals surface area contributed by atoms with Gasteiger partial charge in [0, 0.05) is 24.6 Å². The summed E-state index contributed by atoms with van der Waals surface area (Å²) in [4.78, 5) is 33.1. The first-order valence-corrected chi connectivity index (χ1v) is 10.6. The van der Waals surface area contributed by atoms with Crippen LogP contribution in [0.15, 0.2) is 29.6 Å². The second kappa shape index (κ2) is 7.64. The van der Waals surface area contributed by atoms with Crippen LogP contribution >= 0.6 is 11.3 Å². The van der Waals surface area contributed by atoms with Crippen molar-refractivity contribution in [2.24, 2.45) is 0 Å². The third-order valence-electron chi connectivity index (χ3n) is 5.92. The van der Waals surface area contributed by atoms with Gasteiger partial charge in [-0.05, 0) is 31.4 Å². The highest BCUT2D eigenvalue weighted by atomic mass is 32.1. The first-order chi connectivity index (χ1) is 13.6. The van der Waals surface area contributed by atoms with Gasteiger partial charge < -0.3 is 15.0 Å². The van der Waals surface area contributed by atoms with Crippen LogP contribution < -0.4 is 5.32 Å². The molecule has 1 spiro atoms. The Hall–Kier alpha value is -2.25. The number of amides is 2. The molecular formula is C21H25N3O3S. The molecule has 0 bridgehead atoms. The molecule has 0 saturated heterocycles. The van der Waals surface area contributed by atoms with E-state index in [2.05, 4.69) is 10.3 Å². The molecule has 1 aromatic carbocycles. The first-order valence-electron chi connectivity index (χ1n) is 9.69. The van der Waals surface area contributed by atoms with Crippen LogP contribution in [-0.2, 0) is 9.53 Å². The van der Waals surface area contributed by atoms with E-state index in [9.17, 15) is 9.59 Å². The normalized spacial score (nSPS) is 20.4. The SMILES string of the molecule is COCCN1C(=O)c2ccccc2C(C(=O)Nc2nc(C)cs2)C12CCCC2. The van der Waals surface area contributed by atoms with E-state index in [4.69, 9.17) is 4.74 Å². The average molecular weight is 400 g/mol. The van der Waals surface area contributed by atoms with Gasteiger partial charge in [-0.2, -0.15) is 0 Å². The van der Waals surface area contributed by atoms with Crippen molar-refractivity contribution in [1.29, 1.82) is 0 Å². The number of thiazole rings is 1. The fourth-order valence-corrected chi connectivity index (χ4v) is 5.45. The topological polar surface area (TPSA) is 71.5 Å². The molecule has 2 aliphatic rings. The highest BCUT2D eigenvalue weighted by molar-refractivity contribution is 7.13. The fraction of sp³-hybridized carbons (Fsp3) is 0.476. The van der Waals surface area contributed by atoms with Gasteiger partial charge in [0.05, 0.1) is 23.8 Å². The molecule has 1 aliphatic heterocycles. The van der Waals surface area contributed by atoms with Crippen LogP contribution in [0.3, 0.4) is 0 Å². The molecule has 2 heterocycles. The third-order valence-corrected chi connectivity index (χ3v) is 6.80. The molecule has 1 unspecified atom stereocenters. The van der Waals surface area contributed by atoms with E-state index in [1.807, 2.05) is 41.5 Å². The fourth-order valence-electron chi connectivity index (χ4n) is 4.76. The van der Waals surface area contributed by atoms with Crippen molar-refractivity contribution in [2.45, 2.75) is 44.1 Å². The maximum absolute atomic E-state index is 13.5. The minimum absolute atomic E-state index is 0.00342. The molecule has 4 rings (SSSR count). The number of aromatic nitrogens is 1. The summed E-state index contributed by atoms with van der Waals surface area (Å²) >= 11 is 1.43. The van der Waals surface area contributed by atoms with Gasteiger partial charge in [-0.3, -0.25) is 9.59 Å². The Morgan fingerprint density at radius 2 is 2.11 bits per heavy atom. The first kappa shape index (κ1) is 19.1. The van der Waals surface area contributed by atoms with Crippen molar-refractivity contribution in [2.75, 3.05) is 25.6 Å². The number of rotatable bonds is 5. The number of hydrogen-bond donors (Lipinski definition) is 1. The number of methoxy groups -OCH3 is 1. The molecule has 1 N–H and O–H groups in total. The molecule has 1 fully saturated rings. The van der Waals surface area contributed by atoms with Gasteiger partial charge >= 0.3 is 0 Å². The predicted octanol–water partition coefficient (Wildman–Crippen LogP) is 3.59. The monoisotopic (exact) mass is 399 g/mol. The number of fused-ring (bicyclic) bond motifs is 1. The summed E-state index contributed by atoms with van der Waals surface area (Å²) in [6, 6.07) is 7.52. The number of nitrogens with one attached hydrogen (secondary N) is 1. The molecule has 2 aromatic rings. The summed E-state index contributed by atoms with van der Waals surface area (Å²) in [5.74, 6) is -0.493. The number of benzene rings is 1. The number of hydrogen-bond acceptors (Lipinski definition) is 5. The largest absolute Gasteiger partial charge is 0.383 e. The zero-order valence-corrected chi connectivity index (χ0v) is 17.1. The van der Waals surface area contributed by atoms with Gasteiger partial charge in [0.2, 0.25) is 5.91 Å². The van der Waals surface area contributed by atoms with Crippen LogP contribution in [0.5, 0.6) is 0 Å². The molecule has 2 amide bonds. The average Bonchev–Trinajstić information content (AvgIpc) is 3.32. The van der Waals surface area contributed by atoms with Crippen LogP contribution in [0.4, 0.5) is 5.13 Å². The van der Waals surface area contributed by atoms with Gasteiger partial charge in [0.15, 0.2) is 5.13 Å². The minimum Gasteiger partial charge on any atom is -0.383 e. The second-order valence-electron chi connectivity index (χ2n) is 7.56. The van der Waals surface area contributed by atoms with Crippen molar-refractivity contribution < 1.29 is 14.3 Å². The summed E-state index contributed by atoms with van der Waals surface area (Å²) < 4.78 is 5.27. The smallest absolute Gasteiger partial charge is 0.254 e. The Bertz CT molecular complexity index is 889. The predicted molar refractivity (Wildman–Crippen MR) is 109 cm³/mol. The van der Waals surface area contributed by atoms with Crippen LogP contribution in [0.2, 0.25) is 0 Å². The van der Waals surface area contributed by atoms with Crippen molar-refractivity contribution in [3.63, 3.8) is 0 Å². The van der Waals surface area contributed by atoms with Crippen molar-refractivity contribution in [1.82, 2.24) is 9.88 Å². The molecule has 1 aliphatic carbocycles. The molecule has 1 aromatic heterocycles. The van der Waals surface area contributed by atoms with Crippen LogP contribution in [0.25, 0.3) is 0 Å². The summed E-state index contributed by atoms with van der Waals surface area (Å²) in [5, 5.41) is 5.54. The highest BCUT2D eigenvalue weighted by Gasteiger charge is 2.55. The second-order valence-corrected chi connectivity index (χ2v) is 8.42. The van der Waals surface area contributed by atoms with Crippen LogP contribution in [0, 0.1) is 6.92 Å². The lowest BCUT2D eigenvalue weighted by molar-refractivity contribution is -0.121. The Kier molecular flexibility index (Phi) is 5.21. The van der Waals surface area contributed by atoms with E-state index in [1.54, 1.807) is 7.11 Å². The van der Waals surface area contributed by atoms with Gasteiger partial charge in [-0.25, -0.2) is 4.98 Å². The lowest BCUT2D eigenvalue weighted by atomic mass is 9.71. The number of nitrogens with zero attached hydrogens (tertiary/aromatic N) is 2. The number of carbonyl (C=O) groups is 2. The lowest BCUT2D eigenvalue weighted by Crippen LogP contribution is -2.60. The Morgan fingerprint density at radius 1 is 1.36 bits per heavy atom. The lowest BCUT2D eigenvalue weighted by Gasteiger charge is -2.50. The maximum Gasteiger partial charge on any atom is 0.254 e. The maximum atomic E-state index is 13.5. The Balaban J connectivity index is 1.79. The van der Waals surface area contributed by atoms with Crippen molar-refractivity contribution in [3.8, 4) is 0 Å². The Labute approximate surface area is 168 Å². The molecule has 148 valence electrons. The van der Waals surface area contributed by atoms with E-state index >= 15 is 0 Å². The number of carbonyl (C=O) groups excluding carboxylic acids is 2. The molecule has 7 heteroatoms. The molecule has 1 saturated carbocycles. The van der Waals surface area contributed by atoms with E-state index in [0.29, 0.717) is 23.8 Å². The number of anilines is 1. The van der Waals surface area contributed by atoms with E-state index < -0.39 is 11.5 Å². The molecule has 6 nitrogen and oxygen atoms in total.